The molecule has 0 saturated carbocycles. The van der Waals surface area contributed by atoms with Crippen LogP contribution in [0.15, 0.2) is 35.7 Å². The van der Waals surface area contributed by atoms with Crippen LogP contribution in [0.5, 0.6) is 0 Å². The number of benzene rings is 1. The van der Waals surface area contributed by atoms with Gasteiger partial charge in [0.1, 0.15) is 9.88 Å². The van der Waals surface area contributed by atoms with Gasteiger partial charge in [-0.05, 0) is 30.9 Å². The highest BCUT2D eigenvalue weighted by Gasteiger charge is 2.18. The van der Waals surface area contributed by atoms with E-state index in [0.717, 1.165) is 15.4 Å². The Morgan fingerprint density at radius 2 is 2.08 bits per heavy atom. The molecule has 3 rings (SSSR count). The number of aromatic nitrogens is 1. The van der Waals surface area contributed by atoms with E-state index in [2.05, 4.69) is 10.3 Å². The molecule has 122 valence electrons. The van der Waals surface area contributed by atoms with Gasteiger partial charge in [0.15, 0.2) is 0 Å². The van der Waals surface area contributed by atoms with Crippen molar-refractivity contribution in [2.24, 2.45) is 0 Å². The van der Waals surface area contributed by atoms with Gasteiger partial charge in [0.2, 0.25) is 0 Å². The molecule has 6 nitrogen and oxygen atoms in total. The molecule has 0 bridgehead atoms. The largest absolute Gasteiger partial charge is 0.321 e. The van der Waals surface area contributed by atoms with E-state index in [1.165, 1.54) is 23.5 Å². The Labute approximate surface area is 146 Å². The normalized spacial score (nSPS) is 10.6. The standard InChI is InChI=1S/C16H13N3O3S2/c1-9-5-6-11(19(21)22)8-12(9)18-15(20)14-10(2)17-16(24-14)13-4-3-7-23-13/h3-8H,1-2H3,(H,18,20). The van der Waals surface area contributed by atoms with Crippen LogP contribution >= 0.6 is 22.7 Å². The van der Waals surface area contributed by atoms with Gasteiger partial charge in [-0.15, -0.1) is 22.7 Å². The summed E-state index contributed by atoms with van der Waals surface area (Å²) in [5.74, 6) is -0.309. The fraction of sp³-hybridized carbons (Fsp3) is 0.125. The first kappa shape index (κ1) is 16.3. The van der Waals surface area contributed by atoms with E-state index < -0.39 is 4.92 Å². The molecule has 0 fully saturated rings. The summed E-state index contributed by atoms with van der Waals surface area (Å²) in [6, 6.07) is 8.28. The molecule has 3 aromatic rings. The van der Waals surface area contributed by atoms with Crippen LogP contribution in [0.3, 0.4) is 0 Å². The number of aryl methyl sites for hydroxylation is 2. The van der Waals surface area contributed by atoms with Gasteiger partial charge in [0.25, 0.3) is 11.6 Å². The van der Waals surface area contributed by atoms with Crippen LogP contribution in [-0.2, 0) is 0 Å². The van der Waals surface area contributed by atoms with Crippen molar-refractivity contribution in [3.05, 3.63) is 62.0 Å². The summed E-state index contributed by atoms with van der Waals surface area (Å²) in [5, 5.41) is 16.4. The lowest BCUT2D eigenvalue weighted by molar-refractivity contribution is -0.384. The third-order valence-corrected chi connectivity index (χ3v) is 5.61. The molecular formula is C16H13N3O3S2. The van der Waals surface area contributed by atoms with Crippen molar-refractivity contribution in [2.75, 3.05) is 5.32 Å². The van der Waals surface area contributed by atoms with E-state index in [4.69, 9.17) is 0 Å². The molecule has 1 aromatic carbocycles. The van der Waals surface area contributed by atoms with Crippen molar-refractivity contribution in [3.8, 4) is 9.88 Å². The van der Waals surface area contributed by atoms with Gasteiger partial charge in [-0.25, -0.2) is 4.98 Å². The molecule has 0 aliphatic rings. The zero-order valence-electron chi connectivity index (χ0n) is 12.9. The summed E-state index contributed by atoms with van der Waals surface area (Å²) in [6.45, 7) is 3.57. The number of rotatable bonds is 4. The molecule has 24 heavy (non-hydrogen) atoms. The van der Waals surface area contributed by atoms with Gasteiger partial charge < -0.3 is 5.32 Å². The highest BCUT2D eigenvalue weighted by atomic mass is 32.1. The molecule has 0 unspecified atom stereocenters. The Kier molecular flexibility index (Phi) is 4.41. The highest BCUT2D eigenvalue weighted by molar-refractivity contribution is 7.22. The number of non-ortho nitro benzene ring substituents is 1. The maximum atomic E-state index is 12.5. The summed E-state index contributed by atoms with van der Waals surface area (Å²) in [6.07, 6.45) is 0. The number of nitrogens with zero attached hydrogens (tertiary/aromatic N) is 2. The molecule has 2 aromatic heterocycles. The summed E-state index contributed by atoms with van der Waals surface area (Å²) in [7, 11) is 0. The first-order chi connectivity index (χ1) is 11.5. The lowest BCUT2D eigenvalue weighted by Gasteiger charge is -2.07. The van der Waals surface area contributed by atoms with Crippen LogP contribution < -0.4 is 5.32 Å². The predicted molar refractivity (Wildman–Crippen MR) is 96.0 cm³/mol. The zero-order chi connectivity index (χ0) is 17.3. The molecule has 1 amide bonds. The van der Waals surface area contributed by atoms with E-state index >= 15 is 0 Å². The number of carbonyl (C=O) groups is 1. The monoisotopic (exact) mass is 359 g/mol. The minimum Gasteiger partial charge on any atom is -0.321 e. The minimum absolute atomic E-state index is 0.0591. The van der Waals surface area contributed by atoms with Crippen LogP contribution in [0.2, 0.25) is 0 Å². The van der Waals surface area contributed by atoms with Gasteiger partial charge >= 0.3 is 0 Å². The van der Waals surface area contributed by atoms with Gasteiger partial charge in [-0.1, -0.05) is 12.1 Å². The maximum absolute atomic E-state index is 12.5. The second-order valence-electron chi connectivity index (χ2n) is 5.12. The predicted octanol–water partition coefficient (Wildman–Crippen LogP) is 4.65. The maximum Gasteiger partial charge on any atom is 0.271 e. The number of carbonyl (C=O) groups excluding carboxylic acids is 1. The number of thiazole rings is 1. The Hall–Kier alpha value is -2.58. The Morgan fingerprint density at radius 1 is 1.29 bits per heavy atom. The minimum atomic E-state index is -0.484. The highest BCUT2D eigenvalue weighted by Crippen LogP contribution is 2.32. The van der Waals surface area contributed by atoms with E-state index in [1.54, 1.807) is 31.3 Å². The molecule has 0 aliphatic carbocycles. The third kappa shape index (κ3) is 3.19. The fourth-order valence-electron chi connectivity index (χ4n) is 2.15. The number of hydrogen-bond donors (Lipinski definition) is 1. The van der Waals surface area contributed by atoms with Crippen molar-refractivity contribution in [3.63, 3.8) is 0 Å². The number of nitro groups is 1. The van der Waals surface area contributed by atoms with E-state index in [-0.39, 0.29) is 11.6 Å². The van der Waals surface area contributed by atoms with Gasteiger partial charge in [-0.3, -0.25) is 14.9 Å². The van der Waals surface area contributed by atoms with Crippen LogP contribution in [0.25, 0.3) is 9.88 Å². The topological polar surface area (TPSA) is 85.1 Å². The smallest absolute Gasteiger partial charge is 0.271 e. The molecule has 2 heterocycles. The third-order valence-electron chi connectivity index (χ3n) is 3.41. The molecule has 1 N–H and O–H groups in total. The quantitative estimate of drug-likeness (QED) is 0.543. The number of thiophene rings is 1. The first-order valence-electron chi connectivity index (χ1n) is 7.03. The van der Waals surface area contributed by atoms with Gasteiger partial charge in [-0.2, -0.15) is 0 Å². The van der Waals surface area contributed by atoms with E-state index in [0.29, 0.717) is 16.3 Å². The van der Waals surface area contributed by atoms with Crippen molar-refractivity contribution >= 4 is 40.0 Å². The molecule has 0 spiro atoms. The summed E-state index contributed by atoms with van der Waals surface area (Å²) in [5.41, 5.74) is 1.77. The number of nitrogens with one attached hydrogen (secondary N) is 1. The number of nitro benzene ring substituents is 1. The number of amides is 1. The number of hydrogen-bond acceptors (Lipinski definition) is 6. The van der Waals surface area contributed by atoms with Gasteiger partial charge in [0, 0.05) is 12.1 Å². The summed E-state index contributed by atoms with van der Waals surface area (Å²) >= 11 is 2.88. The van der Waals surface area contributed by atoms with Crippen molar-refractivity contribution in [1.82, 2.24) is 4.98 Å². The van der Waals surface area contributed by atoms with E-state index in [9.17, 15) is 14.9 Å². The molecule has 0 aliphatic heterocycles. The molecule has 8 heteroatoms. The average Bonchev–Trinajstić information content (AvgIpc) is 3.18. The Morgan fingerprint density at radius 3 is 2.75 bits per heavy atom. The lowest BCUT2D eigenvalue weighted by atomic mass is 10.2. The SMILES string of the molecule is Cc1ccc([N+](=O)[O-])cc1NC(=O)c1sc(-c2cccs2)nc1C. The number of anilines is 1. The molecule has 0 atom stereocenters. The van der Waals surface area contributed by atoms with Crippen molar-refractivity contribution < 1.29 is 9.72 Å². The van der Waals surface area contributed by atoms with Crippen molar-refractivity contribution in [2.45, 2.75) is 13.8 Å². The fourth-order valence-corrected chi connectivity index (χ4v) is 3.91. The van der Waals surface area contributed by atoms with Crippen LogP contribution in [0.4, 0.5) is 11.4 Å². The molecular weight excluding hydrogens is 346 g/mol. The average molecular weight is 359 g/mol. The summed E-state index contributed by atoms with van der Waals surface area (Å²) in [4.78, 5) is 28.9. The molecule has 0 saturated heterocycles. The van der Waals surface area contributed by atoms with Crippen LogP contribution in [0, 0.1) is 24.0 Å². The second kappa shape index (κ2) is 6.50. The zero-order valence-corrected chi connectivity index (χ0v) is 14.5. The Bertz CT molecular complexity index is 917. The van der Waals surface area contributed by atoms with Gasteiger partial charge in [0.05, 0.1) is 21.2 Å². The molecule has 0 radical (unpaired) electrons. The van der Waals surface area contributed by atoms with E-state index in [1.807, 2.05) is 17.5 Å². The van der Waals surface area contributed by atoms with Crippen molar-refractivity contribution in [1.29, 1.82) is 0 Å². The second-order valence-corrected chi connectivity index (χ2v) is 7.07. The summed E-state index contributed by atoms with van der Waals surface area (Å²) < 4.78 is 0. The van der Waals surface area contributed by atoms with Crippen LogP contribution in [-0.4, -0.2) is 15.8 Å². The van der Waals surface area contributed by atoms with Crippen LogP contribution in [0.1, 0.15) is 20.9 Å². The Balaban J connectivity index is 1.88. The lowest BCUT2D eigenvalue weighted by Crippen LogP contribution is -2.12. The first-order valence-corrected chi connectivity index (χ1v) is 8.73.